The van der Waals surface area contributed by atoms with Crippen molar-refractivity contribution >= 4 is 17.9 Å². The van der Waals surface area contributed by atoms with E-state index in [0.29, 0.717) is 19.1 Å². The SMILES string of the molecule is CSC(CO)C(C)NC1CN(C(=O)OC(C)(C)C)C1. The summed E-state index contributed by atoms with van der Waals surface area (Å²) in [5.41, 5.74) is -0.441. The molecule has 0 bridgehead atoms. The summed E-state index contributed by atoms with van der Waals surface area (Å²) in [7, 11) is 0. The van der Waals surface area contributed by atoms with Gasteiger partial charge in [0, 0.05) is 30.4 Å². The lowest BCUT2D eigenvalue weighted by atomic mass is 10.1. The molecule has 0 aromatic heterocycles. The fraction of sp³-hybridized carbons (Fsp3) is 0.923. The Labute approximate surface area is 120 Å². The van der Waals surface area contributed by atoms with Gasteiger partial charge in [-0.1, -0.05) is 0 Å². The zero-order valence-corrected chi connectivity index (χ0v) is 13.3. The number of likely N-dealkylation sites (tertiary alicyclic amines) is 1. The third-order valence-electron chi connectivity index (χ3n) is 3.07. The first-order valence-corrected chi connectivity index (χ1v) is 7.93. The fourth-order valence-corrected chi connectivity index (χ4v) is 2.61. The molecule has 1 aliphatic rings. The van der Waals surface area contributed by atoms with Crippen LogP contribution in [0.3, 0.4) is 0 Å². The van der Waals surface area contributed by atoms with E-state index in [0.717, 1.165) is 0 Å². The standard InChI is InChI=1S/C13H26N2O3S/c1-9(11(8-16)19-5)14-10-6-15(7-10)12(17)18-13(2,3)4/h9-11,14,16H,6-8H2,1-5H3. The number of rotatable bonds is 5. The molecule has 1 aliphatic heterocycles. The van der Waals surface area contributed by atoms with Crippen molar-refractivity contribution in [3.63, 3.8) is 0 Å². The Kier molecular flexibility index (Phi) is 5.95. The molecule has 1 amide bonds. The Morgan fingerprint density at radius 1 is 1.53 bits per heavy atom. The molecule has 1 fully saturated rings. The lowest BCUT2D eigenvalue weighted by molar-refractivity contribution is 0.00415. The highest BCUT2D eigenvalue weighted by Gasteiger charge is 2.34. The maximum absolute atomic E-state index is 11.8. The summed E-state index contributed by atoms with van der Waals surface area (Å²) < 4.78 is 5.30. The van der Waals surface area contributed by atoms with Crippen LogP contribution in [0.15, 0.2) is 0 Å². The van der Waals surface area contributed by atoms with E-state index in [4.69, 9.17) is 4.74 Å². The monoisotopic (exact) mass is 290 g/mol. The number of thioether (sulfide) groups is 1. The number of aliphatic hydroxyl groups is 1. The molecule has 2 N–H and O–H groups in total. The van der Waals surface area contributed by atoms with Gasteiger partial charge in [-0.15, -0.1) is 0 Å². The molecule has 0 saturated carbocycles. The van der Waals surface area contributed by atoms with E-state index in [9.17, 15) is 9.90 Å². The zero-order chi connectivity index (χ0) is 14.6. The minimum atomic E-state index is -0.441. The second-order valence-electron chi connectivity index (χ2n) is 5.99. The molecule has 0 spiro atoms. The van der Waals surface area contributed by atoms with Gasteiger partial charge in [-0.05, 0) is 34.0 Å². The number of amides is 1. The largest absolute Gasteiger partial charge is 0.444 e. The van der Waals surface area contributed by atoms with Crippen LogP contribution in [0.2, 0.25) is 0 Å². The average molecular weight is 290 g/mol. The van der Waals surface area contributed by atoms with Crippen LogP contribution in [0, 0.1) is 0 Å². The van der Waals surface area contributed by atoms with Crippen molar-refractivity contribution < 1.29 is 14.6 Å². The summed E-state index contributed by atoms with van der Waals surface area (Å²) in [6.07, 6.45) is 1.74. The van der Waals surface area contributed by atoms with Crippen LogP contribution in [0.4, 0.5) is 4.79 Å². The van der Waals surface area contributed by atoms with Crippen molar-refractivity contribution in [2.45, 2.75) is 50.6 Å². The van der Waals surface area contributed by atoms with Gasteiger partial charge in [-0.25, -0.2) is 4.79 Å². The molecule has 1 saturated heterocycles. The van der Waals surface area contributed by atoms with Gasteiger partial charge in [0.15, 0.2) is 0 Å². The smallest absolute Gasteiger partial charge is 0.410 e. The highest BCUT2D eigenvalue weighted by atomic mass is 32.2. The molecular formula is C13H26N2O3S. The van der Waals surface area contributed by atoms with Crippen LogP contribution < -0.4 is 5.32 Å². The molecule has 5 nitrogen and oxygen atoms in total. The van der Waals surface area contributed by atoms with Gasteiger partial charge in [0.1, 0.15) is 5.60 Å². The molecule has 2 unspecified atom stereocenters. The number of nitrogens with zero attached hydrogens (tertiary/aromatic N) is 1. The molecular weight excluding hydrogens is 264 g/mol. The second kappa shape index (κ2) is 6.81. The molecule has 19 heavy (non-hydrogen) atoms. The maximum atomic E-state index is 11.8. The number of hydrogen-bond donors (Lipinski definition) is 2. The van der Waals surface area contributed by atoms with E-state index in [1.807, 2.05) is 27.0 Å². The highest BCUT2D eigenvalue weighted by Crippen LogP contribution is 2.17. The summed E-state index contributed by atoms with van der Waals surface area (Å²) >= 11 is 1.65. The van der Waals surface area contributed by atoms with E-state index >= 15 is 0 Å². The van der Waals surface area contributed by atoms with E-state index < -0.39 is 5.60 Å². The third-order valence-corrected chi connectivity index (χ3v) is 4.24. The fourth-order valence-electron chi connectivity index (χ4n) is 1.98. The average Bonchev–Trinajstić information content (AvgIpc) is 2.21. The number of nitrogens with one attached hydrogen (secondary N) is 1. The van der Waals surface area contributed by atoms with Crippen molar-refractivity contribution in [1.29, 1.82) is 0 Å². The summed E-state index contributed by atoms with van der Waals surface area (Å²) in [5, 5.41) is 12.8. The Bertz CT molecular complexity index is 297. The van der Waals surface area contributed by atoms with Crippen molar-refractivity contribution in [2.75, 3.05) is 26.0 Å². The van der Waals surface area contributed by atoms with Crippen LogP contribution >= 0.6 is 11.8 Å². The third kappa shape index (κ3) is 5.20. The Hall–Kier alpha value is -0.460. The van der Waals surface area contributed by atoms with E-state index in [-0.39, 0.29) is 24.0 Å². The van der Waals surface area contributed by atoms with Gasteiger partial charge in [0.05, 0.1) is 6.61 Å². The van der Waals surface area contributed by atoms with Crippen molar-refractivity contribution in [2.24, 2.45) is 0 Å². The van der Waals surface area contributed by atoms with Gasteiger partial charge in [-0.3, -0.25) is 0 Å². The summed E-state index contributed by atoms with van der Waals surface area (Å²) in [6, 6.07) is 0.523. The topological polar surface area (TPSA) is 61.8 Å². The van der Waals surface area contributed by atoms with Gasteiger partial charge in [0.25, 0.3) is 0 Å². The number of aliphatic hydroxyl groups excluding tert-OH is 1. The number of ether oxygens (including phenoxy) is 1. The predicted molar refractivity (Wildman–Crippen MR) is 78.6 cm³/mol. The first kappa shape index (κ1) is 16.6. The molecule has 0 aromatic rings. The number of hydrogen-bond acceptors (Lipinski definition) is 5. The van der Waals surface area contributed by atoms with E-state index in [1.54, 1.807) is 16.7 Å². The predicted octanol–water partition coefficient (Wildman–Crippen LogP) is 1.31. The quantitative estimate of drug-likeness (QED) is 0.799. The van der Waals surface area contributed by atoms with Crippen molar-refractivity contribution in [3.05, 3.63) is 0 Å². The first-order chi connectivity index (χ1) is 8.76. The van der Waals surface area contributed by atoms with Crippen LogP contribution in [-0.2, 0) is 4.74 Å². The molecule has 1 rings (SSSR count). The first-order valence-electron chi connectivity index (χ1n) is 6.64. The van der Waals surface area contributed by atoms with E-state index in [1.165, 1.54) is 0 Å². The number of carbonyl (C=O) groups is 1. The zero-order valence-electron chi connectivity index (χ0n) is 12.5. The van der Waals surface area contributed by atoms with E-state index in [2.05, 4.69) is 12.2 Å². The highest BCUT2D eigenvalue weighted by molar-refractivity contribution is 7.99. The molecule has 1 heterocycles. The second-order valence-corrected chi connectivity index (χ2v) is 7.07. The summed E-state index contributed by atoms with van der Waals surface area (Å²) in [5.74, 6) is 0. The molecule has 0 radical (unpaired) electrons. The van der Waals surface area contributed by atoms with Gasteiger partial charge < -0.3 is 20.1 Å². The summed E-state index contributed by atoms with van der Waals surface area (Å²) in [6.45, 7) is 9.18. The van der Waals surface area contributed by atoms with Crippen LogP contribution in [-0.4, -0.2) is 65.0 Å². The number of carbonyl (C=O) groups excluding carboxylic acids is 1. The Morgan fingerprint density at radius 3 is 2.53 bits per heavy atom. The molecule has 0 aromatic carbocycles. The Morgan fingerprint density at radius 2 is 2.11 bits per heavy atom. The van der Waals surface area contributed by atoms with Crippen LogP contribution in [0.1, 0.15) is 27.7 Å². The van der Waals surface area contributed by atoms with Crippen LogP contribution in [0.25, 0.3) is 0 Å². The van der Waals surface area contributed by atoms with Crippen molar-refractivity contribution in [1.82, 2.24) is 10.2 Å². The van der Waals surface area contributed by atoms with Gasteiger partial charge in [-0.2, -0.15) is 11.8 Å². The Balaban J connectivity index is 2.28. The lowest BCUT2D eigenvalue weighted by Gasteiger charge is -2.42. The molecule has 2 atom stereocenters. The minimum Gasteiger partial charge on any atom is -0.444 e. The normalized spacial score (nSPS) is 19.8. The molecule has 112 valence electrons. The maximum Gasteiger partial charge on any atom is 0.410 e. The van der Waals surface area contributed by atoms with Crippen molar-refractivity contribution in [3.8, 4) is 0 Å². The molecule has 6 heteroatoms. The lowest BCUT2D eigenvalue weighted by Crippen LogP contribution is -2.63. The van der Waals surface area contributed by atoms with Crippen LogP contribution in [0.5, 0.6) is 0 Å². The minimum absolute atomic E-state index is 0.165. The molecule has 0 aliphatic carbocycles. The summed E-state index contributed by atoms with van der Waals surface area (Å²) in [4.78, 5) is 13.4. The van der Waals surface area contributed by atoms with Gasteiger partial charge >= 0.3 is 6.09 Å². The van der Waals surface area contributed by atoms with Gasteiger partial charge in [0.2, 0.25) is 0 Å².